The van der Waals surface area contributed by atoms with Gasteiger partial charge in [-0.05, 0) is 18.0 Å². The zero-order valence-corrected chi connectivity index (χ0v) is 16.6. The SMILES string of the molecule is CCOC(=O)P(=O)(O)OC[C@H]1O[C@@H](n2cc(/C=C/Br)c(=O)[nH]c2=O)C[C@@H]1O. The van der Waals surface area contributed by atoms with E-state index in [9.17, 15) is 28.9 Å². The van der Waals surface area contributed by atoms with Crippen LogP contribution in [0.15, 0.2) is 20.8 Å². The Hall–Kier alpha value is -1.56. The van der Waals surface area contributed by atoms with Crippen LogP contribution in [0, 0.1) is 0 Å². The van der Waals surface area contributed by atoms with Crippen LogP contribution >= 0.6 is 23.5 Å². The molecule has 1 aliphatic heterocycles. The summed E-state index contributed by atoms with van der Waals surface area (Å²) >= 11 is 3.03. The van der Waals surface area contributed by atoms with E-state index in [0.29, 0.717) is 0 Å². The van der Waals surface area contributed by atoms with Crippen molar-refractivity contribution in [3.05, 3.63) is 37.6 Å². The molecule has 11 nitrogen and oxygen atoms in total. The summed E-state index contributed by atoms with van der Waals surface area (Å²) in [5.74, 6) is 0. The van der Waals surface area contributed by atoms with E-state index in [1.54, 1.807) is 0 Å². The maximum Gasteiger partial charge on any atom is 0.435 e. The van der Waals surface area contributed by atoms with E-state index in [1.807, 2.05) is 0 Å². The molecule has 1 saturated heterocycles. The smallest absolute Gasteiger partial charge is 0.435 e. The molecule has 1 aromatic heterocycles. The molecule has 4 atom stereocenters. The number of rotatable bonds is 7. The third kappa shape index (κ3) is 5.24. The predicted molar refractivity (Wildman–Crippen MR) is 96.6 cm³/mol. The molecular weight excluding hydrogens is 451 g/mol. The first-order valence-corrected chi connectivity index (χ1v) is 10.3. The van der Waals surface area contributed by atoms with Crippen LogP contribution in [-0.2, 0) is 18.6 Å². The zero-order chi connectivity index (χ0) is 20.2. The second kappa shape index (κ2) is 9.09. The van der Waals surface area contributed by atoms with E-state index >= 15 is 0 Å². The highest BCUT2D eigenvalue weighted by molar-refractivity contribution is 9.11. The number of hydrogen-bond donors (Lipinski definition) is 3. The number of aliphatic hydroxyl groups excluding tert-OH is 1. The quantitative estimate of drug-likeness (QED) is 0.494. The van der Waals surface area contributed by atoms with Crippen molar-refractivity contribution in [1.82, 2.24) is 9.55 Å². The fraction of sp³-hybridized carbons (Fsp3) is 0.500. The maximum atomic E-state index is 12.0. The van der Waals surface area contributed by atoms with Crippen LogP contribution < -0.4 is 11.2 Å². The highest BCUT2D eigenvalue weighted by Gasteiger charge is 2.39. The van der Waals surface area contributed by atoms with Gasteiger partial charge in [0.25, 0.3) is 5.56 Å². The highest BCUT2D eigenvalue weighted by Crippen LogP contribution is 2.45. The second-order valence-corrected chi connectivity index (χ2v) is 7.68. The summed E-state index contributed by atoms with van der Waals surface area (Å²) in [4.78, 5) is 48.2. The van der Waals surface area contributed by atoms with Crippen LogP contribution in [0.4, 0.5) is 4.79 Å². The Morgan fingerprint density at radius 2 is 2.26 bits per heavy atom. The van der Waals surface area contributed by atoms with E-state index < -0.39 is 49.6 Å². The Labute approximate surface area is 161 Å². The van der Waals surface area contributed by atoms with Crippen LogP contribution in [0.2, 0.25) is 0 Å². The van der Waals surface area contributed by atoms with Gasteiger partial charge in [-0.2, -0.15) is 0 Å². The molecule has 2 rings (SSSR count). The van der Waals surface area contributed by atoms with Gasteiger partial charge in [0.05, 0.1) is 24.9 Å². The lowest BCUT2D eigenvalue weighted by molar-refractivity contribution is -0.0423. The first-order chi connectivity index (χ1) is 12.7. The fourth-order valence-corrected chi connectivity index (χ4v) is 3.40. The van der Waals surface area contributed by atoms with Crippen molar-refractivity contribution in [3.8, 4) is 0 Å². The number of halogens is 1. The minimum Gasteiger partial charge on any atom is -0.457 e. The summed E-state index contributed by atoms with van der Waals surface area (Å²) < 4.78 is 27.4. The number of aliphatic hydroxyl groups is 1. The minimum absolute atomic E-state index is 0.0351. The molecule has 1 aromatic rings. The van der Waals surface area contributed by atoms with Gasteiger partial charge >= 0.3 is 19.0 Å². The average Bonchev–Trinajstić information content (AvgIpc) is 2.96. The second-order valence-electron chi connectivity index (χ2n) is 5.49. The Morgan fingerprint density at radius 3 is 2.89 bits per heavy atom. The Kier molecular flexibility index (Phi) is 7.32. The third-order valence-electron chi connectivity index (χ3n) is 3.66. The van der Waals surface area contributed by atoms with Crippen molar-refractivity contribution in [2.45, 2.75) is 31.8 Å². The number of ether oxygens (including phenoxy) is 2. The number of aromatic amines is 1. The Morgan fingerprint density at radius 1 is 1.56 bits per heavy atom. The molecule has 1 aliphatic rings. The van der Waals surface area contributed by atoms with Crippen LogP contribution in [0.25, 0.3) is 6.08 Å². The van der Waals surface area contributed by atoms with Crippen molar-refractivity contribution in [2.24, 2.45) is 0 Å². The lowest BCUT2D eigenvalue weighted by Crippen LogP contribution is -2.33. The first kappa shape index (κ1) is 21.7. The van der Waals surface area contributed by atoms with Gasteiger partial charge in [0.15, 0.2) is 0 Å². The number of nitrogens with zero attached hydrogens (tertiary/aromatic N) is 1. The number of carbonyl (C=O) groups excluding carboxylic acids is 1. The summed E-state index contributed by atoms with van der Waals surface area (Å²) in [5, 5.41) is 10.1. The predicted octanol–water partition coefficient (Wildman–Crippen LogP) is 0.909. The molecule has 0 spiro atoms. The molecule has 0 saturated carbocycles. The first-order valence-electron chi connectivity index (χ1n) is 7.80. The molecule has 0 aromatic carbocycles. The Balaban J connectivity index is 2.12. The maximum absolute atomic E-state index is 12.0. The summed E-state index contributed by atoms with van der Waals surface area (Å²) in [6, 6.07) is 0. The third-order valence-corrected chi connectivity index (χ3v) is 5.02. The van der Waals surface area contributed by atoms with Crippen molar-refractivity contribution >= 4 is 35.3 Å². The molecule has 2 heterocycles. The molecule has 0 bridgehead atoms. The average molecular weight is 469 g/mol. The highest BCUT2D eigenvalue weighted by atomic mass is 79.9. The van der Waals surface area contributed by atoms with Gasteiger partial charge in [0.1, 0.15) is 12.3 Å². The van der Waals surface area contributed by atoms with Gasteiger partial charge in [-0.25, -0.2) is 14.2 Å². The molecule has 1 unspecified atom stereocenters. The van der Waals surface area contributed by atoms with E-state index in [1.165, 1.54) is 24.2 Å². The zero-order valence-electron chi connectivity index (χ0n) is 14.1. The monoisotopic (exact) mass is 468 g/mol. The summed E-state index contributed by atoms with van der Waals surface area (Å²) in [6.45, 7) is 0.793. The molecule has 27 heavy (non-hydrogen) atoms. The molecule has 0 aliphatic carbocycles. The lowest BCUT2D eigenvalue weighted by atomic mass is 10.2. The molecule has 1 fully saturated rings. The van der Waals surface area contributed by atoms with E-state index in [-0.39, 0.29) is 18.6 Å². The Bertz CT molecular complexity index is 880. The van der Waals surface area contributed by atoms with Gasteiger partial charge < -0.3 is 19.5 Å². The summed E-state index contributed by atoms with van der Waals surface area (Å²) in [7, 11) is -4.69. The van der Waals surface area contributed by atoms with Crippen molar-refractivity contribution in [3.63, 3.8) is 0 Å². The van der Waals surface area contributed by atoms with Gasteiger partial charge in [-0.3, -0.25) is 18.9 Å². The van der Waals surface area contributed by atoms with E-state index in [4.69, 9.17) is 4.74 Å². The van der Waals surface area contributed by atoms with Crippen molar-refractivity contribution in [2.75, 3.05) is 13.2 Å². The molecule has 0 radical (unpaired) electrons. The van der Waals surface area contributed by atoms with Crippen LogP contribution in [0.1, 0.15) is 25.1 Å². The molecule has 0 amide bonds. The normalized spacial score (nSPS) is 24.8. The van der Waals surface area contributed by atoms with Crippen LogP contribution in [-0.4, -0.2) is 50.7 Å². The van der Waals surface area contributed by atoms with E-state index in [0.717, 1.165) is 4.57 Å². The molecular formula is C14H18BrN2O9P. The van der Waals surface area contributed by atoms with E-state index in [2.05, 4.69) is 30.2 Å². The van der Waals surface area contributed by atoms with Gasteiger partial charge in [-0.1, -0.05) is 15.9 Å². The molecule has 13 heteroatoms. The summed E-state index contributed by atoms with van der Waals surface area (Å²) in [6.07, 6.45) is -0.504. The number of H-pyrrole nitrogens is 1. The van der Waals surface area contributed by atoms with Crippen molar-refractivity contribution in [1.29, 1.82) is 0 Å². The van der Waals surface area contributed by atoms with Gasteiger partial charge in [-0.15, -0.1) is 0 Å². The summed E-state index contributed by atoms with van der Waals surface area (Å²) in [5.41, 5.74) is -2.57. The number of hydrogen-bond acceptors (Lipinski definition) is 8. The van der Waals surface area contributed by atoms with Crippen molar-refractivity contribution < 1.29 is 33.4 Å². The van der Waals surface area contributed by atoms with Crippen LogP contribution in [0.3, 0.4) is 0 Å². The largest absolute Gasteiger partial charge is 0.457 e. The minimum atomic E-state index is -4.69. The van der Waals surface area contributed by atoms with Gasteiger partial charge in [0.2, 0.25) is 0 Å². The fourth-order valence-electron chi connectivity index (χ4n) is 2.37. The number of carbonyl (C=O) groups is 1. The molecule has 3 N–H and O–H groups in total. The number of aromatic nitrogens is 2. The molecule has 150 valence electrons. The van der Waals surface area contributed by atoms with Crippen LogP contribution in [0.5, 0.6) is 0 Å². The standard InChI is InChI=1S/C14H18BrN2O9P/c1-2-24-14(21)27(22,23)25-7-10-9(18)5-11(26-10)17-6-8(3-4-15)12(19)16-13(17)20/h3-4,6,9-11,18H,2,5,7H2,1H3,(H,22,23)(H,16,19,20)/b4-3+/t9-,10+,11+/m0/s1. The lowest BCUT2D eigenvalue weighted by Gasteiger charge is -2.17. The van der Waals surface area contributed by atoms with Gasteiger partial charge in [0, 0.05) is 12.6 Å². The number of nitrogens with one attached hydrogen (secondary N) is 1. The topological polar surface area (TPSA) is 157 Å².